The Morgan fingerprint density at radius 1 is 1.24 bits per heavy atom. The first kappa shape index (κ1) is 15.6. The molecule has 0 aliphatic rings. The van der Waals surface area contributed by atoms with Gasteiger partial charge >= 0.3 is 0 Å². The average Bonchev–Trinajstić information content (AvgIpc) is 2.90. The number of methoxy groups -OCH3 is 1. The van der Waals surface area contributed by atoms with E-state index in [0.717, 1.165) is 17.9 Å². The number of nitrogens with one attached hydrogen (secondary N) is 1. The van der Waals surface area contributed by atoms with Gasteiger partial charge in [-0.2, -0.15) is 5.10 Å². The fourth-order valence-corrected chi connectivity index (χ4v) is 2.55. The van der Waals surface area contributed by atoms with Crippen LogP contribution >= 0.6 is 0 Å². The molecule has 1 aromatic carbocycles. The van der Waals surface area contributed by atoms with Crippen LogP contribution in [0.4, 0.5) is 0 Å². The van der Waals surface area contributed by atoms with E-state index in [1.165, 1.54) is 11.1 Å². The Bertz CT molecular complexity index is 572. The van der Waals surface area contributed by atoms with Crippen LogP contribution in [0.25, 0.3) is 0 Å². The molecule has 0 aliphatic carbocycles. The number of rotatable bonds is 6. The highest BCUT2D eigenvalue weighted by Crippen LogP contribution is 2.29. The van der Waals surface area contributed by atoms with Crippen molar-refractivity contribution in [2.24, 2.45) is 0 Å². The fraction of sp³-hybridized carbons (Fsp3) is 0.471. The maximum absolute atomic E-state index is 5.49. The standard InChI is InChI=1S/C17H25N3O/c1-12(2)20-17(16(21-5)11-19-20)15(18-4)10-14-8-6-13(3)7-9-14/h6-9,11-12,15,18H,10H2,1-5H3. The third kappa shape index (κ3) is 3.45. The van der Waals surface area contributed by atoms with E-state index >= 15 is 0 Å². The number of aromatic nitrogens is 2. The highest BCUT2D eigenvalue weighted by Gasteiger charge is 2.22. The second-order valence-corrected chi connectivity index (χ2v) is 5.67. The van der Waals surface area contributed by atoms with Crippen LogP contribution in [0.15, 0.2) is 30.5 Å². The molecule has 4 heteroatoms. The molecule has 2 aromatic rings. The molecule has 0 radical (unpaired) electrons. The molecule has 1 atom stereocenters. The SMILES string of the molecule is CNC(Cc1ccc(C)cc1)c1c(OC)cnn1C(C)C. The third-order valence-corrected chi connectivity index (χ3v) is 3.75. The van der Waals surface area contributed by atoms with Crippen molar-refractivity contribution in [1.29, 1.82) is 0 Å². The van der Waals surface area contributed by atoms with Crippen molar-refractivity contribution >= 4 is 0 Å². The Morgan fingerprint density at radius 2 is 1.90 bits per heavy atom. The summed E-state index contributed by atoms with van der Waals surface area (Å²) in [5.41, 5.74) is 3.69. The largest absolute Gasteiger partial charge is 0.493 e. The molecule has 21 heavy (non-hydrogen) atoms. The molecule has 1 aromatic heterocycles. The summed E-state index contributed by atoms with van der Waals surface area (Å²) >= 11 is 0. The van der Waals surface area contributed by atoms with E-state index in [9.17, 15) is 0 Å². The third-order valence-electron chi connectivity index (χ3n) is 3.75. The van der Waals surface area contributed by atoms with Gasteiger partial charge in [0.05, 0.1) is 25.0 Å². The van der Waals surface area contributed by atoms with Crippen LogP contribution < -0.4 is 10.1 Å². The molecule has 0 amide bonds. The summed E-state index contributed by atoms with van der Waals surface area (Å²) in [5, 5.41) is 7.86. The minimum atomic E-state index is 0.174. The topological polar surface area (TPSA) is 39.1 Å². The lowest BCUT2D eigenvalue weighted by Gasteiger charge is -2.21. The molecule has 0 spiro atoms. The summed E-state index contributed by atoms with van der Waals surface area (Å²) in [4.78, 5) is 0. The number of likely N-dealkylation sites (N-methyl/N-ethyl adjacent to an activating group) is 1. The van der Waals surface area contributed by atoms with E-state index in [2.05, 4.69) is 55.5 Å². The normalized spacial score (nSPS) is 12.7. The van der Waals surface area contributed by atoms with Crippen molar-refractivity contribution < 1.29 is 4.74 Å². The van der Waals surface area contributed by atoms with Crippen molar-refractivity contribution in [3.8, 4) is 5.75 Å². The van der Waals surface area contributed by atoms with Crippen LogP contribution in [-0.2, 0) is 6.42 Å². The number of hydrogen-bond donors (Lipinski definition) is 1. The molecular formula is C17H25N3O. The summed E-state index contributed by atoms with van der Waals surface area (Å²) in [6.45, 7) is 6.37. The van der Waals surface area contributed by atoms with E-state index in [4.69, 9.17) is 4.74 Å². The van der Waals surface area contributed by atoms with Crippen molar-refractivity contribution in [3.05, 3.63) is 47.3 Å². The van der Waals surface area contributed by atoms with Crippen LogP contribution in [0, 0.1) is 6.92 Å². The molecule has 0 bridgehead atoms. The van der Waals surface area contributed by atoms with E-state index in [-0.39, 0.29) is 6.04 Å². The fourth-order valence-electron chi connectivity index (χ4n) is 2.55. The summed E-state index contributed by atoms with van der Waals surface area (Å²) < 4.78 is 7.53. The van der Waals surface area contributed by atoms with Gasteiger partial charge in [0, 0.05) is 6.04 Å². The first-order valence-electron chi connectivity index (χ1n) is 7.41. The summed E-state index contributed by atoms with van der Waals surface area (Å²) in [7, 11) is 3.68. The van der Waals surface area contributed by atoms with Crippen LogP contribution in [0.1, 0.15) is 42.8 Å². The second kappa shape index (κ2) is 6.76. The molecule has 114 valence electrons. The average molecular weight is 287 g/mol. The Morgan fingerprint density at radius 3 is 2.43 bits per heavy atom. The molecule has 0 fully saturated rings. The predicted octanol–water partition coefficient (Wildman–Crippen LogP) is 3.28. The number of aryl methyl sites for hydroxylation is 1. The molecule has 0 saturated heterocycles. The van der Waals surface area contributed by atoms with E-state index in [1.807, 2.05) is 11.7 Å². The zero-order chi connectivity index (χ0) is 15.4. The van der Waals surface area contributed by atoms with Gasteiger partial charge in [0.1, 0.15) is 0 Å². The molecular weight excluding hydrogens is 262 g/mol. The van der Waals surface area contributed by atoms with Crippen LogP contribution in [-0.4, -0.2) is 23.9 Å². The summed E-state index contributed by atoms with van der Waals surface area (Å²) in [5.74, 6) is 0.843. The smallest absolute Gasteiger partial charge is 0.161 e. The van der Waals surface area contributed by atoms with E-state index in [0.29, 0.717) is 6.04 Å². The Labute approximate surface area is 127 Å². The highest BCUT2D eigenvalue weighted by molar-refractivity contribution is 5.31. The predicted molar refractivity (Wildman–Crippen MR) is 85.8 cm³/mol. The quantitative estimate of drug-likeness (QED) is 0.886. The lowest BCUT2D eigenvalue weighted by atomic mass is 10.0. The van der Waals surface area contributed by atoms with Crippen molar-refractivity contribution in [3.63, 3.8) is 0 Å². The van der Waals surface area contributed by atoms with Crippen LogP contribution in [0.2, 0.25) is 0 Å². The zero-order valence-electron chi connectivity index (χ0n) is 13.6. The van der Waals surface area contributed by atoms with Gasteiger partial charge in [-0.15, -0.1) is 0 Å². The lowest BCUT2D eigenvalue weighted by Crippen LogP contribution is -2.24. The number of nitrogens with zero attached hydrogens (tertiary/aromatic N) is 2. The Hall–Kier alpha value is -1.81. The van der Waals surface area contributed by atoms with Gasteiger partial charge in [-0.1, -0.05) is 29.8 Å². The van der Waals surface area contributed by atoms with Crippen molar-refractivity contribution in [2.75, 3.05) is 14.2 Å². The van der Waals surface area contributed by atoms with E-state index < -0.39 is 0 Å². The van der Waals surface area contributed by atoms with Gasteiger partial charge in [-0.05, 0) is 39.8 Å². The second-order valence-electron chi connectivity index (χ2n) is 5.67. The number of benzene rings is 1. The van der Waals surface area contributed by atoms with Crippen molar-refractivity contribution in [2.45, 2.75) is 39.3 Å². The Balaban J connectivity index is 2.32. The van der Waals surface area contributed by atoms with Crippen LogP contribution in [0.3, 0.4) is 0 Å². The van der Waals surface area contributed by atoms with Crippen molar-refractivity contribution in [1.82, 2.24) is 15.1 Å². The first-order chi connectivity index (χ1) is 10.1. The molecule has 2 rings (SSSR count). The van der Waals surface area contributed by atoms with Gasteiger partial charge in [0.15, 0.2) is 5.75 Å². The van der Waals surface area contributed by atoms with Gasteiger partial charge in [0.2, 0.25) is 0 Å². The minimum absolute atomic E-state index is 0.174. The number of hydrogen-bond acceptors (Lipinski definition) is 3. The molecule has 0 saturated carbocycles. The van der Waals surface area contributed by atoms with Gasteiger partial charge in [0.25, 0.3) is 0 Å². The maximum atomic E-state index is 5.49. The van der Waals surface area contributed by atoms with Crippen LogP contribution in [0.5, 0.6) is 5.75 Å². The van der Waals surface area contributed by atoms with Gasteiger partial charge in [-0.25, -0.2) is 0 Å². The Kier molecular flexibility index (Phi) is 5.02. The molecule has 1 heterocycles. The summed E-state index contributed by atoms with van der Waals surface area (Å²) in [6.07, 6.45) is 2.71. The zero-order valence-corrected chi connectivity index (χ0v) is 13.6. The van der Waals surface area contributed by atoms with Gasteiger partial charge < -0.3 is 10.1 Å². The highest BCUT2D eigenvalue weighted by atomic mass is 16.5. The molecule has 4 nitrogen and oxygen atoms in total. The molecule has 1 unspecified atom stereocenters. The summed E-state index contributed by atoms with van der Waals surface area (Å²) in [6, 6.07) is 9.15. The molecule has 1 N–H and O–H groups in total. The first-order valence-corrected chi connectivity index (χ1v) is 7.41. The van der Waals surface area contributed by atoms with Gasteiger partial charge in [-0.3, -0.25) is 4.68 Å². The monoisotopic (exact) mass is 287 g/mol. The maximum Gasteiger partial charge on any atom is 0.161 e. The minimum Gasteiger partial charge on any atom is -0.493 e. The number of ether oxygens (including phenoxy) is 1. The molecule has 0 aliphatic heterocycles. The van der Waals surface area contributed by atoms with E-state index in [1.54, 1.807) is 13.3 Å². The lowest BCUT2D eigenvalue weighted by molar-refractivity contribution is 0.388.